The van der Waals surface area contributed by atoms with Crippen molar-refractivity contribution in [3.63, 3.8) is 0 Å². The van der Waals surface area contributed by atoms with Crippen LogP contribution in [0.3, 0.4) is 0 Å². The number of Topliss-reactive ketones (excluding diaryl/α,β-unsaturated/α-hetero) is 1. The summed E-state index contributed by atoms with van der Waals surface area (Å²) in [6.07, 6.45) is 1.53. The molecule has 5 rings (SSSR count). The van der Waals surface area contributed by atoms with Crippen molar-refractivity contribution in [3.8, 4) is 11.5 Å². The Morgan fingerprint density at radius 2 is 1.74 bits per heavy atom. The van der Waals surface area contributed by atoms with Gasteiger partial charge in [0.1, 0.15) is 11.5 Å². The Balaban J connectivity index is 1.44. The first kappa shape index (κ1) is 26.4. The van der Waals surface area contributed by atoms with E-state index in [2.05, 4.69) is 5.32 Å². The summed E-state index contributed by atoms with van der Waals surface area (Å²) in [6, 6.07) is 19.3. The van der Waals surface area contributed by atoms with Gasteiger partial charge >= 0.3 is 5.97 Å². The summed E-state index contributed by atoms with van der Waals surface area (Å²) in [6.45, 7) is 3.94. The van der Waals surface area contributed by atoms with Crippen LogP contribution in [0.25, 0.3) is 0 Å². The van der Waals surface area contributed by atoms with Gasteiger partial charge in [0.2, 0.25) is 0 Å². The van der Waals surface area contributed by atoms with Gasteiger partial charge in [-0.2, -0.15) is 0 Å². The number of furan rings is 1. The molecule has 2 aromatic carbocycles. The lowest BCUT2D eigenvalue weighted by molar-refractivity contribution is -0.139. The fraction of sp³-hybridized carbons (Fsp3) is 0.312. The number of ketones is 1. The average Bonchev–Trinajstić information content (AvgIpc) is 3.38. The maximum Gasteiger partial charge on any atom is 0.336 e. The summed E-state index contributed by atoms with van der Waals surface area (Å²) in [5.41, 5.74) is 4.54. The highest BCUT2D eigenvalue weighted by Gasteiger charge is 2.43. The van der Waals surface area contributed by atoms with E-state index in [1.807, 2.05) is 74.5 Å². The Morgan fingerprint density at radius 1 is 0.974 bits per heavy atom. The van der Waals surface area contributed by atoms with Crippen molar-refractivity contribution in [3.05, 3.63) is 106 Å². The van der Waals surface area contributed by atoms with Crippen LogP contribution in [0.15, 0.2) is 87.6 Å². The number of allylic oxidation sites excluding steroid dienone is 3. The Labute approximate surface area is 228 Å². The summed E-state index contributed by atoms with van der Waals surface area (Å²) in [7, 11) is 3.20. The van der Waals surface area contributed by atoms with Gasteiger partial charge in [0.25, 0.3) is 0 Å². The lowest BCUT2D eigenvalue weighted by Crippen LogP contribution is -2.36. The van der Waals surface area contributed by atoms with Gasteiger partial charge in [-0.05, 0) is 61.6 Å². The van der Waals surface area contributed by atoms with E-state index >= 15 is 0 Å². The minimum atomic E-state index is -0.627. The predicted octanol–water partition coefficient (Wildman–Crippen LogP) is 5.75. The van der Waals surface area contributed by atoms with E-state index in [4.69, 9.17) is 18.6 Å². The number of nitrogens with one attached hydrogen (secondary N) is 1. The Morgan fingerprint density at radius 3 is 2.44 bits per heavy atom. The van der Waals surface area contributed by atoms with Crippen molar-refractivity contribution >= 4 is 11.8 Å². The molecule has 202 valence electrons. The molecule has 1 aliphatic carbocycles. The number of methoxy groups -OCH3 is 2. The van der Waals surface area contributed by atoms with Crippen LogP contribution in [0.5, 0.6) is 11.5 Å². The third-order valence-electron chi connectivity index (χ3n) is 7.44. The van der Waals surface area contributed by atoms with Gasteiger partial charge < -0.3 is 23.9 Å². The van der Waals surface area contributed by atoms with Gasteiger partial charge in [-0.15, -0.1) is 0 Å². The van der Waals surface area contributed by atoms with E-state index in [9.17, 15) is 9.59 Å². The zero-order valence-electron chi connectivity index (χ0n) is 22.7. The molecule has 3 aromatic rings. The van der Waals surface area contributed by atoms with E-state index in [1.54, 1.807) is 14.2 Å². The summed E-state index contributed by atoms with van der Waals surface area (Å²) in [5.74, 6) is 1.40. The molecule has 7 heteroatoms. The Kier molecular flexibility index (Phi) is 7.59. The van der Waals surface area contributed by atoms with Gasteiger partial charge in [-0.3, -0.25) is 4.79 Å². The zero-order chi connectivity index (χ0) is 27.5. The van der Waals surface area contributed by atoms with Gasteiger partial charge in [-0.25, -0.2) is 4.79 Å². The number of carbonyl (C=O) groups excluding carboxylic acids is 2. The third-order valence-corrected chi connectivity index (χ3v) is 7.44. The van der Waals surface area contributed by atoms with E-state index < -0.39 is 11.9 Å². The second-order valence-electron chi connectivity index (χ2n) is 9.95. The van der Waals surface area contributed by atoms with Crippen molar-refractivity contribution in [1.82, 2.24) is 5.32 Å². The first-order valence-corrected chi connectivity index (χ1v) is 13.1. The molecule has 0 fully saturated rings. The first-order valence-electron chi connectivity index (χ1n) is 13.1. The van der Waals surface area contributed by atoms with Gasteiger partial charge in [0, 0.05) is 29.8 Å². The summed E-state index contributed by atoms with van der Waals surface area (Å²) in [5, 5.41) is 3.39. The average molecular weight is 528 g/mol. The van der Waals surface area contributed by atoms with E-state index in [1.165, 1.54) is 0 Å². The largest absolute Gasteiger partial charge is 0.493 e. The molecule has 0 spiro atoms. The molecule has 2 unspecified atom stereocenters. The van der Waals surface area contributed by atoms with Crippen LogP contribution >= 0.6 is 0 Å². The van der Waals surface area contributed by atoms with Crippen molar-refractivity contribution in [2.45, 2.75) is 44.9 Å². The van der Waals surface area contributed by atoms with Crippen LogP contribution in [0.1, 0.15) is 54.2 Å². The van der Waals surface area contributed by atoms with Gasteiger partial charge in [0.05, 0.1) is 32.3 Å². The molecule has 1 aromatic heterocycles. The molecule has 0 amide bonds. The predicted molar refractivity (Wildman–Crippen MR) is 147 cm³/mol. The number of dihydropyridines is 1. The molecule has 1 N–H and O–H groups in total. The number of esters is 1. The quantitative estimate of drug-likeness (QED) is 0.373. The number of hydrogen-bond acceptors (Lipinski definition) is 7. The number of hydrogen-bond donors (Lipinski definition) is 1. The van der Waals surface area contributed by atoms with E-state index in [-0.39, 0.29) is 18.3 Å². The van der Waals surface area contributed by atoms with Crippen LogP contribution in [0.2, 0.25) is 0 Å². The third kappa shape index (κ3) is 5.35. The smallest absolute Gasteiger partial charge is 0.336 e. The Bertz CT molecular complexity index is 1450. The monoisotopic (exact) mass is 527 g/mol. The fourth-order valence-electron chi connectivity index (χ4n) is 5.53. The lowest BCUT2D eigenvalue weighted by Gasteiger charge is -2.35. The second-order valence-corrected chi connectivity index (χ2v) is 9.95. The van der Waals surface area contributed by atoms with E-state index in [0.717, 1.165) is 16.8 Å². The maximum absolute atomic E-state index is 13.8. The fourth-order valence-corrected chi connectivity index (χ4v) is 5.53. The van der Waals surface area contributed by atoms with Gasteiger partial charge in [-0.1, -0.05) is 36.4 Å². The maximum atomic E-state index is 13.8. The van der Waals surface area contributed by atoms with Crippen LogP contribution in [0.4, 0.5) is 0 Å². The van der Waals surface area contributed by atoms with Crippen LogP contribution in [-0.4, -0.2) is 32.6 Å². The van der Waals surface area contributed by atoms with E-state index in [0.29, 0.717) is 59.1 Å². The molecule has 1 aliphatic heterocycles. The topological polar surface area (TPSA) is 87.0 Å². The van der Waals surface area contributed by atoms with Crippen LogP contribution in [-0.2, 0) is 20.7 Å². The number of carbonyl (C=O) groups is 2. The molecule has 2 aliphatic rings. The highest BCUT2D eigenvalue weighted by molar-refractivity contribution is 6.04. The molecule has 7 nitrogen and oxygen atoms in total. The van der Waals surface area contributed by atoms with Crippen molar-refractivity contribution in [2.24, 2.45) is 0 Å². The highest BCUT2D eigenvalue weighted by Crippen LogP contribution is 2.46. The number of ether oxygens (including phenoxy) is 3. The van der Waals surface area contributed by atoms with Crippen molar-refractivity contribution in [2.75, 3.05) is 20.8 Å². The van der Waals surface area contributed by atoms with Crippen molar-refractivity contribution < 1.29 is 28.2 Å². The molecule has 0 saturated heterocycles. The summed E-state index contributed by atoms with van der Waals surface area (Å²) >= 11 is 0. The molecule has 0 radical (unpaired) electrons. The second kappa shape index (κ2) is 11.2. The molecular weight excluding hydrogens is 494 g/mol. The minimum absolute atomic E-state index is 0.0235. The summed E-state index contributed by atoms with van der Waals surface area (Å²) < 4.78 is 22.6. The molecule has 2 heterocycles. The molecule has 39 heavy (non-hydrogen) atoms. The SMILES string of the molecule is COc1ccc(C2CC(=O)C3=C(C2)NC(C)=C(C(=O)OCCc2ccccc2)C3c2ccc(C)o2)cc1OC. The Hall–Kier alpha value is -4.26. The van der Waals surface area contributed by atoms with Crippen LogP contribution in [0, 0.1) is 6.92 Å². The lowest BCUT2D eigenvalue weighted by atomic mass is 9.73. The standard InChI is InChI=1S/C32H33NO6/c1-19-10-12-27(39-19)31-29(32(35)38-15-14-21-8-6-5-7-9-21)20(2)33-24-16-23(17-25(34)30(24)31)22-11-13-26(36-3)28(18-22)37-4/h5-13,18,23,31,33H,14-17H2,1-4H3. The normalized spacial score (nSPS) is 18.9. The zero-order valence-corrected chi connectivity index (χ0v) is 22.7. The van der Waals surface area contributed by atoms with Crippen LogP contribution < -0.4 is 14.8 Å². The van der Waals surface area contributed by atoms with Gasteiger partial charge in [0.15, 0.2) is 17.3 Å². The molecular formula is C32H33NO6. The first-order chi connectivity index (χ1) is 18.9. The number of benzene rings is 2. The molecule has 0 bridgehead atoms. The summed E-state index contributed by atoms with van der Waals surface area (Å²) in [4.78, 5) is 27.2. The number of aryl methyl sites for hydroxylation is 1. The molecule has 0 saturated carbocycles. The molecule has 2 atom stereocenters. The highest BCUT2D eigenvalue weighted by atomic mass is 16.5. The van der Waals surface area contributed by atoms with Crippen molar-refractivity contribution in [1.29, 1.82) is 0 Å². The number of rotatable bonds is 8. The minimum Gasteiger partial charge on any atom is -0.493 e.